The predicted molar refractivity (Wildman–Crippen MR) is 71.9 cm³/mol. The van der Waals surface area contributed by atoms with E-state index in [1.54, 1.807) is 0 Å². The normalized spacial score (nSPS) is 12.4. The molecule has 0 fully saturated rings. The smallest absolute Gasteiger partial charge is 0.0577 e. The van der Waals surface area contributed by atoms with Crippen LogP contribution in [0, 0.1) is 0 Å². The largest absolute Gasteiger partial charge is 0.393 e. The molecule has 0 amide bonds. The van der Waals surface area contributed by atoms with Gasteiger partial charge in [-0.1, -0.05) is 61.5 Å². The van der Waals surface area contributed by atoms with Crippen molar-refractivity contribution in [1.29, 1.82) is 0 Å². The maximum Gasteiger partial charge on any atom is 0.0577 e. The van der Waals surface area contributed by atoms with Crippen molar-refractivity contribution in [3.63, 3.8) is 0 Å². The van der Waals surface area contributed by atoms with Crippen LogP contribution in [0.1, 0.15) is 18.9 Å². The first-order valence-electron chi connectivity index (χ1n) is 6.12. The van der Waals surface area contributed by atoms with Crippen LogP contribution in [0.25, 0.3) is 11.1 Å². The Morgan fingerprint density at radius 3 is 2.06 bits per heavy atom. The van der Waals surface area contributed by atoms with Gasteiger partial charge in [0.2, 0.25) is 0 Å². The van der Waals surface area contributed by atoms with Gasteiger partial charge in [-0.2, -0.15) is 0 Å². The predicted octanol–water partition coefficient (Wildman–Crippen LogP) is 3.67. The zero-order valence-electron chi connectivity index (χ0n) is 10.1. The van der Waals surface area contributed by atoms with Crippen molar-refractivity contribution in [3.8, 4) is 11.1 Å². The van der Waals surface area contributed by atoms with Gasteiger partial charge in [-0.25, -0.2) is 0 Å². The maximum absolute atomic E-state index is 9.60. The summed E-state index contributed by atoms with van der Waals surface area (Å²) in [7, 11) is 0. The SMILES string of the molecule is CC[C@@H](O)Cc1ccc(-c2ccccc2)cc1. The lowest BCUT2D eigenvalue weighted by Gasteiger charge is -2.08. The zero-order chi connectivity index (χ0) is 12.1. The van der Waals surface area contributed by atoms with Crippen LogP contribution in [0.3, 0.4) is 0 Å². The summed E-state index contributed by atoms with van der Waals surface area (Å²) in [5.41, 5.74) is 3.65. The molecule has 0 aliphatic rings. The Kier molecular flexibility index (Phi) is 3.94. The maximum atomic E-state index is 9.60. The van der Waals surface area contributed by atoms with Crippen LogP contribution >= 0.6 is 0 Å². The van der Waals surface area contributed by atoms with Gasteiger partial charge in [-0.05, 0) is 29.5 Å². The van der Waals surface area contributed by atoms with Gasteiger partial charge >= 0.3 is 0 Å². The van der Waals surface area contributed by atoms with E-state index < -0.39 is 0 Å². The van der Waals surface area contributed by atoms with Gasteiger partial charge in [0.05, 0.1) is 6.10 Å². The van der Waals surface area contributed by atoms with Gasteiger partial charge < -0.3 is 5.11 Å². The molecule has 2 aromatic carbocycles. The molecule has 0 saturated heterocycles. The van der Waals surface area contributed by atoms with Crippen molar-refractivity contribution < 1.29 is 5.11 Å². The van der Waals surface area contributed by atoms with Crippen LogP contribution in [0.2, 0.25) is 0 Å². The molecule has 2 rings (SSSR count). The third-order valence-corrected chi connectivity index (χ3v) is 3.00. The summed E-state index contributed by atoms with van der Waals surface area (Å²) in [5, 5.41) is 9.60. The first-order valence-corrected chi connectivity index (χ1v) is 6.12. The van der Waals surface area contributed by atoms with E-state index in [2.05, 4.69) is 36.4 Å². The van der Waals surface area contributed by atoms with E-state index in [0.717, 1.165) is 12.8 Å². The van der Waals surface area contributed by atoms with E-state index in [0.29, 0.717) is 0 Å². The number of benzene rings is 2. The molecule has 1 heteroatoms. The van der Waals surface area contributed by atoms with Crippen LogP contribution in [0.15, 0.2) is 54.6 Å². The van der Waals surface area contributed by atoms with E-state index in [-0.39, 0.29) is 6.10 Å². The molecular formula is C16H18O. The highest BCUT2D eigenvalue weighted by atomic mass is 16.3. The minimum Gasteiger partial charge on any atom is -0.393 e. The monoisotopic (exact) mass is 226 g/mol. The van der Waals surface area contributed by atoms with Crippen LogP contribution in [0.5, 0.6) is 0 Å². The molecule has 88 valence electrons. The zero-order valence-corrected chi connectivity index (χ0v) is 10.1. The van der Waals surface area contributed by atoms with Gasteiger partial charge in [-0.3, -0.25) is 0 Å². The van der Waals surface area contributed by atoms with Gasteiger partial charge in [0.15, 0.2) is 0 Å². The average Bonchev–Trinajstić information content (AvgIpc) is 2.40. The summed E-state index contributed by atoms with van der Waals surface area (Å²) in [4.78, 5) is 0. The lowest BCUT2D eigenvalue weighted by molar-refractivity contribution is 0.171. The first kappa shape index (κ1) is 11.9. The molecule has 0 aliphatic carbocycles. The second kappa shape index (κ2) is 5.65. The van der Waals surface area contributed by atoms with Crippen LogP contribution in [-0.2, 0) is 6.42 Å². The summed E-state index contributed by atoms with van der Waals surface area (Å²) >= 11 is 0. The van der Waals surface area contributed by atoms with Crippen molar-refractivity contribution in [3.05, 3.63) is 60.2 Å². The van der Waals surface area contributed by atoms with Crippen molar-refractivity contribution in [2.45, 2.75) is 25.9 Å². The molecule has 1 nitrogen and oxygen atoms in total. The summed E-state index contributed by atoms with van der Waals surface area (Å²) in [6, 6.07) is 18.8. The molecule has 0 heterocycles. The first-order chi connectivity index (χ1) is 8.29. The summed E-state index contributed by atoms with van der Waals surface area (Å²) in [6.45, 7) is 2.00. The summed E-state index contributed by atoms with van der Waals surface area (Å²) < 4.78 is 0. The lowest BCUT2D eigenvalue weighted by Crippen LogP contribution is -2.07. The molecule has 0 bridgehead atoms. The molecule has 0 radical (unpaired) electrons. The highest BCUT2D eigenvalue weighted by Gasteiger charge is 2.03. The molecule has 0 unspecified atom stereocenters. The third-order valence-electron chi connectivity index (χ3n) is 3.00. The highest BCUT2D eigenvalue weighted by molar-refractivity contribution is 5.63. The Balaban J connectivity index is 2.13. The van der Waals surface area contributed by atoms with E-state index >= 15 is 0 Å². The van der Waals surface area contributed by atoms with Gasteiger partial charge in [0.25, 0.3) is 0 Å². The number of aliphatic hydroxyl groups is 1. The second-order valence-electron chi connectivity index (χ2n) is 4.33. The number of aliphatic hydroxyl groups excluding tert-OH is 1. The van der Waals surface area contributed by atoms with Crippen molar-refractivity contribution in [1.82, 2.24) is 0 Å². The quantitative estimate of drug-likeness (QED) is 0.843. The summed E-state index contributed by atoms with van der Waals surface area (Å²) in [6.07, 6.45) is 1.32. The molecule has 17 heavy (non-hydrogen) atoms. The molecule has 0 aliphatic heterocycles. The molecular weight excluding hydrogens is 208 g/mol. The van der Waals surface area contributed by atoms with Crippen LogP contribution in [-0.4, -0.2) is 11.2 Å². The number of hydrogen-bond donors (Lipinski definition) is 1. The Bertz CT molecular complexity index is 445. The average molecular weight is 226 g/mol. The van der Waals surface area contributed by atoms with E-state index in [4.69, 9.17) is 0 Å². The second-order valence-corrected chi connectivity index (χ2v) is 4.33. The highest BCUT2D eigenvalue weighted by Crippen LogP contribution is 2.19. The van der Waals surface area contributed by atoms with E-state index in [1.807, 2.05) is 25.1 Å². The Morgan fingerprint density at radius 1 is 0.882 bits per heavy atom. The van der Waals surface area contributed by atoms with Gasteiger partial charge in [-0.15, -0.1) is 0 Å². The standard InChI is InChI=1S/C16H18O/c1-2-16(17)12-13-8-10-15(11-9-13)14-6-4-3-5-7-14/h3-11,16-17H,2,12H2,1H3/t16-/m1/s1. The number of hydrogen-bond acceptors (Lipinski definition) is 1. The Labute approximate surface area is 103 Å². The number of rotatable bonds is 4. The minimum absolute atomic E-state index is 0.224. The van der Waals surface area contributed by atoms with Crippen molar-refractivity contribution >= 4 is 0 Å². The lowest BCUT2D eigenvalue weighted by atomic mass is 10.0. The van der Waals surface area contributed by atoms with Crippen molar-refractivity contribution in [2.24, 2.45) is 0 Å². The van der Waals surface area contributed by atoms with Crippen molar-refractivity contribution in [2.75, 3.05) is 0 Å². The topological polar surface area (TPSA) is 20.2 Å². The molecule has 0 spiro atoms. The summed E-state index contributed by atoms with van der Waals surface area (Å²) in [5.74, 6) is 0. The molecule has 1 N–H and O–H groups in total. The van der Waals surface area contributed by atoms with Crippen LogP contribution < -0.4 is 0 Å². The van der Waals surface area contributed by atoms with Gasteiger partial charge in [0, 0.05) is 0 Å². The molecule has 1 atom stereocenters. The fraction of sp³-hybridized carbons (Fsp3) is 0.250. The Hall–Kier alpha value is -1.60. The van der Waals surface area contributed by atoms with Gasteiger partial charge in [0.1, 0.15) is 0 Å². The molecule has 0 aromatic heterocycles. The minimum atomic E-state index is -0.224. The Morgan fingerprint density at radius 2 is 1.47 bits per heavy atom. The van der Waals surface area contributed by atoms with Crippen LogP contribution in [0.4, 0.5) is 0 Å². The fourth-order valence-corrected chi connectivity index (χ4v) is 1.88. The van der Waals surface area contributed by atoms with E-state index in [9.17, 15) is 5.11 Å². The third kappa shape index (κ3) is 3.18. The van der Waals surface area contributed by atoms with E-state index in [1.165, 1.54) is 16.7 Å². The molecule has 2 aromatic rings. The molecule has 0 saturated carbocycles. The fourth-order valence-electron chi connectivity index (χ4n) is 1.88.